The van der Waals surface area contributed by atoms with E-state index in [1.807, 2.05) is 60.5 Å². The highest BCUT2D eigenvalue weighted by Crippen LogP contribution is 2.00. The van der Waals surface area contributed by atoms with E-state index in [4.69, 9.17) is 0 Å². The van der Waals surface area contributed by atoms with Gasteiger partial charge >= 0.3 is 0 Å². The highest BCUT2D eigenvalue weighted by Gasteiger charge is 2.09. The van der Waals surface area contributed by atoms with Crippen molar-refractivity contribution in [1.29, 1.82) is 0 Å². The molecule has 32 heavy (non-hydrogen) atoms. The number of imidazole rings is 2. The number of carbonyl (C=O) groups excluding carboxylic acids is 2. The Morgan fingerprint density at radius 3 is 2.00 bits per heavy atom. The minimum atomic E-state index is -0.319. The number of nitrogens with one attached hydrogen (secondary N) is 2. The van der Waals surface area contributed by atoms with Gasteiger partial charge in [0.15, 0.2) is 0 Å². The smallest absolute Gasteiger partial charge is 0.243 e. The van der Waals surface area contributed by atoms with E-state index in [-0.39, 0.29) is 17.9 Å². The third-order valence-corrected chi connectivity index (χ3v) is 5.35. The van der Waals surface area contributed by atoms with Gasteiger partial charge in [-0.1, -0.05) is 6.92 Å². The SMILES string of the molecule is CCC(O)C[n+]1ccn(CCCNC(=O)CCCCC(=O)NCCCn2cc[n+](C)c2)c1. The topological polar surface area (TPSA) is 96.1 Å². The van der Waals surface area contributed by atoms with Crippen LogP contribution >= 0.6 is 0 Å². The van der Waals surface area contributed by atoms with E-state index in [1.165, 1.54) is 0 Å². The van der Waals surface area contributed by atoms with Crippen LogP contribution < -0.4 is 19.8 Å². The minimum Gasteiger partial charge on any atom is -0.389 e. The summed E-state index contributed by atoms with van der Waals surface area (Å²) in [6, 6.07) is 0. The number of carbonyl (C=O) groups is 2. The number of aryl methyl sites for hydroxylation is 3. The predicted octanol–water partition coefficient (Wildman–Crippen LogP) is 0.446. The lowest BCUT2D eigenvalue weighted by Gasteiger charge is -2.06. The Hall–Kier alpha value is -2.68. The fourth-order valence-electron chi connectivity index (χ4n) is 3.41. The Kier molecular flexibility index (Phi) is 11.5. The molecule has 2 aromatic heterocycles. The first-order valence-electron chi connectivity index (χ1n) is 11.7. The molecular formula is C23H40N6O3+2. The largest absolute Gasteiger partial charge is 0.389 e. The zero-order valence-electron chi connectivity index (χ0n) is 19.6. The van der Waals surface area contributed by atoms with Crippen molar-refractivity contribution in [2.75, 3.05) is 13.1 Å². The molecule has 178 valence electrons. The molecule has 2 rings (SSSR count). The Bertz CT molecular complexity index is 816. The first-order chi connectivity index (χ1) is 15.5. The van der Waals surface area contributed by atoms with Crippen molar-refractivity contribution in [1.82, 2.24) is 19.8 Å². The lowest BCUT2D eigenvalue weighted by atomic mass is 10.2. The van der Waals surface area contributed by atoms with Crippen molar-refractivity contribution >= 4 is 11.8 Å². The second-order valence-corrected chi connectivity index (χ2v) is 8.34. The van der Waals surface area contributed by atoms with E-state index in [2.05, 4.69) is 19.8 Å². The first kappa shape index (κ1) is 25.6. The summed E-state index contributed by atoms with van der Waals surface area (Å²) in [5.74, 6) is 0.0952. The molecular weight excluding hydrogens is 408 g/mol. The molecule has 0 aromatic carbocycles. The van der Waals surface area contributed by atoms with Gasteiger partial charge in [-0.25, -0.2) is 18.3 Å². The number of rotatable bonds is 16. The molecule has 2 amide bonds. The summed E-state index contributed by atoms with van der Waals surface area (Å²) in [6.07, 6.45) is 16.5. The fraction of sp³-hybridized carbons (Fsp3) is 0.652. The molecule has 1 atom stereocenters. The maximum atomic E-state index is 12.0. The van der Waals surface area contributed by atoms with Gasteiger partial charge in [0.05, 0.1) is 26.2 Å². The number of hydrogen-bond donors (Lipinski definition) is 3. The molecule has 0 spiro atoms. The van der Waals surface area contributed by atoms with E-state index < -0.39 is 0 Å². The molecule has 2 heterocycles. The third-order valence-electron chi connectivity index (χ3n) is 5.35. The van der Waals surface area contributed by atoms with Crippen LogP contribution in [0.2, 0.25) is 0 Å². The molecule has 0 bridgehead atoms. The van der Waals surface area contributed by atoms with Gasteiger partial charge in [0.25, 0.3) is 0 Å². The van der Waals surface area contributed by atoms with Crippen LogP contribution in [0.3, 0.4) is 0 Å². The standard InChI is InChI=1S/C23H38N6O3/c1-3-21(30)18-29-17-16-28(20-29)13-7-11-25-23(32)9-5-4-8-22(31)24-10-6-12-27-15-14-26(2)19-27/h14-17,19-21,30H,3-13,18H2,1-2H3/p+2. The summed E-state index contributed by atoms with van der Waals surface area (Å²) in [4.78, 5) is 23.8. The molecule has 9 heteroatoms. The van der Waals surface area contributed by atoms with E-state index in [0.717, 1.165) is 45.2 Å². The summed E-state index contributed by atoms with van der Waals surface area (Å²) >= 11 is 0. The normalized spacial score (nSPS) is 12.0. The van der Waals surface area contributed by atoms with Gasteiger partial charge in [-0.15, -0.1) is 0 Å². The van der Waals surface area contributed by atoms with Crippen LogP contribution in [-0.2, 0) is 36.3 Å². The summed E-state index contributed by atoms with van der Waals surface area (Å²) in [5, 5.41) is 15.6. The summed E-state index contributed by atoms with van der Waals surface area (Å²) in [5.41, 5.74) is 0. The van der Waals surface area contributed by atoms with Gasteiger partial charge in [0, 0.05) is 38.8 Å². The molecule has 0 fully saturated rings. The quantitative estimate of drug-likeness (QED) is 0.257. The molecule has 0 aliphatic heterocycles. The number of aliphatic hydroxyl groups excluding tert-OH is 1. The van der Waals surface area contributed by atoms with E-state index in [0.29, 0.717) is 32.5 Å². The van der Waals surface area contributed by atoms with Gasteiger partial charge in [0.1, 0.15) is 31.3 Å². The molecule has 9 nitrogen and oxygen atoms in total. The van der Waals surface area contributed by atoms with Gasteiger partial charge in [0.2, 0.25) is 24.5 Å². The van der Waals surface area contributed by atoms with Crippen molar-refractivity contribution in [3.63, 3.8) is 0 Å². The van der Waals surface area contributed by atoms with Crippen molar-refractivity contribution in [3.8, 4) is 0 Å². The number of amides is 2. The molecule has 3 N–H and O–H groups in total. The fourth-order valence-corrected chi connectivity index (χ4v) is 3.41. The molecule has 2 aromatic rings. The molecule has 1 unspecified atom stereocenters. The number of hydrogen-bond acceptors (Lipinski definition) is 3. The molecule has 0 saturated carbocycles. The van der Waals surface area contributed by atoms with E-state index in [9.17, 15) is 14.7 Å². The Morgan fingerprint density at radius 1 is 0.906 bits per heavy atom. The zero-order chi connectivity index (χ0) is 23.2. The lowest BCUT2D eigenvalue weighted by molar-refractivity contribution is -0.703. The van der Waals surface area contributed by atoms with Gasteiger partial charge in [-0.3, -0.25) is 9.59 Å². The van der Waals surface area contributed by atoms with Crippen LogP contribution in [0.5, 0.6) is 0 Å². The maximum Gasteiger partial charge on any atom is 0.243 e. The van der Waals surface area contributed by atoms with Crippen LogP contribution in [0.1, 0.15) is 51.9 Å². The van der Waals surface area contributed by atoms with Crippen molar-refractivity contribution in [3.05, 3.63) is 37.4 Å². The Balaban J connectivity index is 1.43. The second-order valence-electron chi connectivity index (χ2n) is 8.34. The number of nitrogens with zero attached hydrogens (tertiary/aromatic N) is 4. The number of aliphatic hydroxyl groups is 1. The van der Waals surface area contributed by atoms with Crippen LogP contribution in [0.15, 0.2) is 37.4 Å². The summed E-state index contributed by atoms with van der Waals surface area (Å²) < 4.78 is 8.13. The number of aromatic nitrogens is 4. The first-order valence-corrected chi connectivity index (χ1v) is 11.7. The predicted molar refractivity (Wildman–Crippen MR) is 120 cm³/mol. The zero-order valence-corrected chi connectivity index (χ0v) is 19.6. The summed E-state index contributed by atoms with van der Waals surface area (Å²) in [6.45, 7) is 5.57. The number of unbranched alkanes of at least 4 members (excludes halogenated alkanes) is 1. The van der Waals surface area contributed by atoms with Gasteiger partial charge in [-0.05, 0) is 19.3 Å². The summed E-state index contributed by atoms with van der Waals surface area (Å²) in [7, 11) is 1.98. The van der Waals surface area contributed by atoms with Crippen molar-refractivity contribution in [2.24, 2.45) is 7.05 Å². The highest BCUT2D eigenvalue weighted by molar-refractivity contribution is 5.77. The molecule has 0 aliphatic rings. The minimum absolute atomic E-state index is 0.0407. The maximum absolute atomic E-state index is 12.0. The van der Waals surface area contributed by atoms with Crippen LogP contribution in [-0.4, -0.2) is 45.2 Å². The van der Waals surface area contributed by atoms with Crippen LogP contribution in [0.4, 0.5) is 0 Å². The second kappa shape index (κ2) is 14.4. The van der Waals surface area contributed by atoms with Crippen molar-refractivity contribution < 1.29 is 23.8 Å². The highest BCUT2D eigenvalue weighted by atomic mass is 16.3. The van der Waals surface area contributed by atoms with E-state index >= 15 is 0 Å². The van der Waals surface area contributed by atoms with Crippen LogP contribution in [0, 0.1) is 0 Å². The van der Waals surface area contributed by atoms with Gasteiger partial charge in [-0.2, -0.15) is 0 Å². The van der Waals surface area contributed by atoms with Crippen molar-refractivity contribution in [2.45, 2.75) is 77.6 Å². The average Bonchev–Trinajstić information content (AvgIpc) is 3.40. The van der Waals surface area contributed by atoms with Crippen LogP contribution in [0.25, 0.3) is 0 Å². The average molecular weight is 449 g/mol. The lowest BCUT2D eigenvalue weighted by Crippen LogP contribution is -2.37. The Morgan fingerprint density at radius 2 is 1.47 bits per heavy atom. The molecule has 0 aliphatic carbocycles. The molecule has 0 saturated heterocycles. The molecule has 0 radical (unpaired) electrons. The monoisotopic (exact) mass is 448 g/mol. The van der Waals surface area contributed by atoms with Gasteiger partial charge < -0.3 is 15.7 Å². The Labute approximate surface area is 191 Å². The van der Waals surface area contributed by atoms with E-state index in [1.54, 1.807) is 0 Å². The third kappa shape index (κ3) is 10.6.